The zero-order valence-electron chi connectivity index (χ0n) is 11.8. The fraction of sp³-hybridized carbons (Fsp3) is 0.615. The Hall–Kier alpha value is -1.63. The van der Waals surface area contributed by atoms with Crippen LogP contribution in [-0.2, 0) is 16.0 Å². The maximum Gasteiger partial charge on any atom is 0.303 e. The summed E-state index contributed by atoms with van der Waals surface area (Å²) in [4.78, 5) is 26.6. The van der Waals surface area contributed by atoms with Crippen molar-refractivity contribution in [3.05, 3.63) is 11.1 Å². The van der Waals surface area contributed by atoms with Gasteiger partial charge in [-0.05, 0) is 18.3 Å². The summed E-state index contributed by atoms with van der Waals surface area (Å²) in [6.07, 6.45) is 1.02. The Bertz CT molecular complexity index is 459. The lowest BCUT2D eigenvalue weighted by atomic mass is 9.94. The molecule has 4 N–H and O–H groups in total. The number of nitrogens with two attached hydrogens (primary N) is 1. The summed E-state index contributed by atoms with van der Waals surface area (Å²) in [5, 5.41) is 13.8. The molecule has 1 amide bonds. The minimum atomic E-state index is -0.836. The van der Waals surface area contributed by atoms with E-state index >= 15 is 0 Å². The number of carbonyl (C=O) groups is 2. The first-order chi connectivity index (χ1) is 9.36. The molecule has 7 heteroatoms. The highest BCUT2D eigenvalue weighted by Gasteiger charge is 2.16. The molecule has 0 saturated carbocycles. The van der Waals surface area contributed by atoms with Gasteiger partial charge in [0.1, 0.15) is 0 Å². The summed E-state index contributed by atoms with van der Waals surface area (Å²) in [5.41, 5.74) is 6.14. The maximum absolute atomic E-state index is 11.8. The van der Waals surface area contributed by atoms with Gasteiger partial charge in [-0.1, -0.05) is 13.8 Å². The standard InChI is InChI=1S/C13H21N3O3S/c1-8(2)3-9(4-12(18)19)6-15-11(17)5-10-7-20-13(14)16-10/h7-9H,3-6H2,1-2H3,(H2,14,16)(H,15,17)(H,18,19)/t9-/m0/s1. The first kappa shape index (κ1) is 16.4. The molecule has 0 aliphatic heterocycles. The normalized spacial score (nSPS) is 12.3. The van der Waals surface area contributed by atoms with Crippen molar-refractivity contribution in [2.24, 2.45) is 11.8 Å². The molecule has 0 spiro atoms. The molecule has 0 fully saturated rings. The number of nitrogens with one attached hydrogen (secondary N) is 1. The van der Waals surface area contributed by atoms with Gasteiger partial charge in [-0.3, -0.25) is 9.59 Å². The first-order valence-corrected chi connectivity index (χ1v) is 7.43. The molecule has 0 unspecified atom stereocenters. The highest BCUT2D eigenvalue weighted by Crippen LogP contribution is 2.15. The van der Waals surface area contributed by atoms with Gasteiger partial charge in [0.15, 0.2) is 5.13 Å². The number of aromatic nitrogens is 1. The van der Waals surface area contributed by atoms with Crippen LogP contribution < -0.4 is 11.1 Å². The van der Waals surface area contributed by atoms with Gasteiger partial charge in [0, 0.05) is 18.3 Å². The van der Waals surface area contributed by atoms with Gasteiger partial charge in [-0.15, -0.1) is 11.3 Å². The topological polar surface area (TPSA) is 105 Å². The summed E-state index contributed by atoms with van der Waals surface area (Å²) in [6.45, 7) is 4.45. The van der Waals surface area contributed by atoms with Crippen LogP contribution in [0.2, 0.25) is 0 Å². The second-order valence-corrected chi connectivity index (χ2v) is 6.14. The number of hydrogen-bond donors (Lipinski definition) is 3. The number of hydrogen-bond acceptors (Lipinski definition) is 5. The maximum atomic E-state index is 11.8. The zero-order chi connectivity index (χ0) is 15.1. The Morgan fingerprint density at radius 2 is 2.20 bits per heavy atom. The molecule has 1 rings (SSSR count). The number of nitrogens with zero attached hydrogens (tertiary/aromatic N) is 1. The monoisotopic (exact) mass is 299 g/mol. The molecule has 0 bridgehead atoms. The average Bonchev–Trinajstić information content (AvgIpc) is 2.70. The minimum Gasteiger partial charge on any atom is -0.481 e. The van der Waals surface area contributed by atoms with Crippen LogP contribution in [0.15, 0.2) is 5.38 Å². The molecule has 0 aliphatic carbocycles. The van der Waals surface area contributed by atoms with Crippen molar-refractivity contribution in [3.8, 4) is 0 Å². The van der Waals surface area contributed by atoms with Crippen LogP contribution >= 0.6 is 11.3 Å². The predicted molar refractivity (Wildman–Crippen MR) is 78.4 cm³/mol. The van der Waals surface area contributed by atoms with Crippen molar-refractivity contribution in [3.63, 3.8) is 0 Å². The van der Waals surface area contributed by atoms with Crippen molar-refractivity contribution in [1.29, 1.82) is 0 Å². The zero-order valence-corrected chi connectivity index (χ0v) is 12.6. The van der Waals surface area contributed by atoms with E-state index in [9.17, 15) is 9.59 Å². The molecule has 1 heterocycles. The Morgan fingerprint density at radius 3 is 2.70 bits per heavy atom. The molecular weight excluding hydrogens is 278 g/mol. The molecule has 6 nitrogen and oxygen atoms in total. The molecular formula is C13H21N3O3S. The lowest BCUT2D eigenvalue weighted by Crippen LogP contribution is -2.32. The number of nitrogen functional groups attached to an aromatic ring is 1. The van der Waals surface area contributed by atoms with Crippen LogP contribution in [0.4, 0.5) is 5.13 Å². The average molecular weight is 299 g/mol. The SMILES string of the molecule is CC(C)C[C@H](CNC(=O)Cc1csc(N)n1)CC(=O)O. The molecule has 0 aliphatic rings. The molecule has 20 heavy (non-hydrogen) atoms. The molecule has 0 saturated heterocycles. The lowest BCUT2D eigenvalue weighted by molar-refractivity contribution is -0.138. The van der Waals surface area contributed by atoms with E-state index in [1.165, 1.54) is 11.3 Å². The van der Waals surface area contributed by atoms with E-state index < -0.39 is 5.97 Å². The number of aliphatic carboxylic acids is 1. The van der Waals surface area contributed by atoms with Gasteiger partial charge >= 0.3 is 5.97 Å². The molecule has 1 aromatic heterocycles. The van der Waals surface area contributed by atoms with Gasteiger partial charge < -0.3 is 16.2 Å². The van der Waals surface area contributed by atoms with Crippen LogP contribution in [0.3, 0.4) is 0 Å². The van der Waals surface area contributed by atoms with Gasteiger partial charge in [0.05, 0.1) is 12.1 Å². The molecule has 0 radical (unpaired) electrons. The van der Waals surface area contributed by atoms with E-state index in [1.54, 1.807) is 5.38 Å². The number of carboxylic acids is 1. The van der Waals surface area contributed by atoms with Gasteiger partial charge in [-0.25, -0.2) is 4.98 Å². The van der Waals surface area contributed by atoms with E-state index in [-0.39, 0.29) is 24.7 Å². The Kier molecular flexibility index (Phi) is 6.44. The second kappa shape index (κ2) is 7.84. The molecule has 0 aromatic carbocycles. The van der Waals surface area contributed by atoms with E-state index in [2.05, 4.69) is 10.3 Å². The largest absolute Gasteiger partial charge is 0.481 e. The van der Waals surface area contributed by atoms with Crippen molar-refractivity contribution < 1.29 is 14.7 Å². The van der Waals surface area contributed by atoms with Gasteiger partial charge in [-0.2, -0.15) is 0 Å². The molecule has 1 aromatic rings. The number of carbonyl (C=O) groups excluding carboxylic acids is 1. The Morgan fingerprint density at radius 1 is 1.50 bits per heavy atom. The smallest absolute Gasteiger partial charge is 0.303 e. The fourth-order valence-electron chi connectivity index (χ4n) is 2.04. The number of carboxylic acid groups (broad SMARTS) is 1. The predicted octanol–water partition coefficient (Wildman–Crippen LogP) is 1.52. The summed E-state index contributed by atoms with van der Waals surface area (Å²) >= 11 is 1.30. The van der Waals surface area contributed by atoms with Crippen LogP contribution in [0.25, 0.3) is 0 Å². The van der Waals surface area contributed by atoms with E-state index in [1.807, 2.05) is 13.8 Å². The molecule has 112 valence electrons. The number of amides is 1. The van der Waals surface area contributed by atoms with E-state index in [0.717, 1.165) is 6.42 Å². The van der Waals surface area contributed by atoms with Crippen molar-refractivity contribution in [1.82, 2.24) is 10.3 Å². The number of thiazole rings is 1. The van der Waals surface area contributed by atoms with Crippen molar-refractivity contribution in [2.75, 3.05) is 12.3 Å². The third-order valence-electron chi connectivity index (χ3n) is 2.77. The van der Waals surface area contributed by atoms with Crippen molar-refractivity contribution in [2.45, 2.75) is 33.1 Å². The quantitative estimate of drug-likeness (QED) is 0.675. The number of anilines is 1. The van der Waals surface area contributed by atoms with E-state index in [4.69, 9.17) is 10.8 Å². The summed E-state index contributed by atoms with van der Waals surface area (Å²) in [6, 6.07) is 0. The number of rotatable bonds is 8. The summed E-state index contributed by atoms with van der Waals surface area (Å²) in [7, 11) is 0. The van der Waals surface area contributed by atoms with Crippen LogP contribution in [0, 0.1) is 11.8 Å². The highest BCUT2D eigenvalue weighted by molar-refractivity contribution is 7.13. The first-order valence-electron chi connectivity index (χ1n) is 6.55. The summed E-state index contributed by atoms with van der Waals surface area (Å²) in [5.74, 6) is -0.641. The molecule has 1 atom stereocenters. The lowest BCUT2D eigenvalue weighted by Gasteiger charge is -2.17. The third kappa shape index (κ3) is 6.51. The second-order valence-electron chi connectivity index (χ2n) is 5.25. The van der Waals surface area contributed by atoms with Crippen molar-refractivity contribution >= 4 is 28.3 Å². The van der Waals surface area contributed by atoms with Crippen LogP contribution in [0.5, 0.6) is 0 Å². The van der Waals surface area contributed by atoms with E-state index in [0.29, 0.717) is 23.3 Å². The van der Waals surface area contributed by atoms with Gasteiger partial charge in [0.2, 0.25) is 5.91 Å². The minimum absolute atomic E-state index is 0.0445. The third-order valence-corrected chi connectivity index (χ3v) is 3.49. The Balaban J connectivity index is 2.41. The fourth-order valence-corrected chi connectivity index (χ4v) is 2.60. The summed E-state index contributed by atoms with van der Waals surface area (Å²) < 4.78 is 0. The van der Waals surface area contributed by atoms with Gasteiger partial charge in [0.25, 0.3) is 0 Å². The van der Waals surface area contributed by atoms with Crippen LogP contribution in [0.1, 0.15) is 32.4 Å². The highest BCUT2D eigenvalue weighted by atomic mass is 32.1. The van der Waals surface area contributed by atoms with Crippen LogP contribution in [-0.4, -0.2) is 28.5 Å². The Labute approximate surface area is 122 Å².